The highest BCUT2D eigenvalue weighted by atomic mass is 16.5. The van der Waals surface area contributed by atoms with Crippen LogP contribution >= 0.6 is 0 Å². The normalized spacial score (nSPS) is 10.3. The number of pyridine rings is 1. The van der Waals surface area contributed by atoms with E-state index < -0.39 is 0 Å². The van der Waals surface area contributed by atoms with E-state index in [0.29, 0.717) is 5.75 Å². The summed E-state index contributed by atoms with van der Waals surface area (Å²) in [6.45, 7) is 3.30. The Morgan fingerprint density at radius 3 is 2.80 bits per heavy atom. The Balaban J connectivity index is 2.59. The van der Waals surface area contributed by atoms with Crippen molar-refractivity contribution in [2.45, 2.75) is 13.8 Å². The predicted molar refractivity (Wildman–Crippen MR) is 57.8 cm³/mol. The zero-order valence-electron chi connectivity index (χ0n) is 8.65. The van der Waals surface area contributed by atoms with Gasteiger partial charge in [0, 0.05) is 17.9 Å². The second kappa shape index (κ2) is 3.69. The quantitative estimate of drug-likeness (QED) is 0.665. The molecule has 0 unspecified atom stereocenters. The summed E-state index contributed by atoms with van der Waals surface area (Å²) in [5.74, 6) is 0.205. The van der Waals surface area contributed by atoms with E-state index in [1.165, 1.54) is 6.92 Å². The first kappa shape index (κ1) is 9.65. The summed E-state index contributed by atoms with van der Waals surface area (Å²) in [6, 6.07) is 7.76. The summed E-state index contributed by atoms with van der Waals surface area (Å²) in [4.78, 5) is 15.1. The lowest BCUT2D eigenvalue weighted by Gasteiger charge is -2.07. The van der Waals surface area contributed by atoms with Gasteiger partial charge in [0.05, 0.1) is 11.7 Å². The molecule has 0 bridgehead atoms. The van der Waals surface area contributed by atoms with E-state index in [1.54, 1.807) is 6.20 Å². The van der Waals surface area contributed by atoms with Gasteiger partial charge in [-0.05, 0) is 13.0 Å². The molecule has 76 valence electrons. The maximum atomic E-state index is 10.9. The van der Waals surface area contributed by atoms with Gasteiger partial charge in [0.2, 0.25) is 0 Å². The highest BCUT2D eigenvalue weighted by Gasteiger charge is 2.06. The van der Waals surface area contributed by atoms with E-state index >= 15 is 0 Å². The number of para-hydroxylation sites is 1. The highest BCUT2D eigenvalue weighted by molar-refractivity contribution is 5.84. The number of nitrogens with zero attached hydrogens (tertiary/aromatic N) is 1. The monoisotopic (exact) mass is 201 g/mol. The Bertz CT molecular complexity index is 520. The van der Waals surface area contributed by atoms with Gasteiger partial charge >= 0.3 is 5.97 Å². The Kier molecular flexibility index (Phi) is 2.37. The number of benzene rings is 1. The van der Waals surface area contributed by atoms with E-state index in [2.05, 4.69) is 4.98 Å². The third-order valence-electron chi connectivity index (χ3n) is 2.25. The molecule has 0 aliphatic heterocycles. The van der Waals surface area contributed by atoms with Crippen LogP contribution < -0.4 is 4.74 Å². The van der Waals surface area contributed by atoms with Crippen molar-refractivity contribution in [1.82, 2.24) is 4.98 Å². The van der Waals surface area contributed by atoms with E-state index in [1.807, 2.05) is 31.2 Å². The van der Waals surface area contributed by atoms with Gasteiger partial charge in [-0.2, -0.15) is 0 Å². The van der Waals surface area contributed by atoms with Crippen molar-refractivity contribution in [3.05, 3.63) is 36.0 Å². The van der Waals surface area contributed by atoms with Crippen LogP contribution in [0.15, 0.2) is 30.5 Å². The standard InChI is InChI=1S/C12H11NO2/c1-8-10-5-3-4-6-11(10)13-7-12(8)15-9(2)14/h3-7H,1-2H3. The minimum Gasteiger partial charge on any atom is -0.425 e. The average molecular weight is 201 g/mol. The Hall–Kier alpha value is -1.90. The second-order valence-corrected chi connectivity index (χ2v) is 3.36. The van der Waals surface area contributed by atoms with Crippen LogP contribution in [-0.4, -0.2) is 11.0 Å². The number of hydrogen-bond donors (Lipinski definition) is 0. The molecule has 0 aliphatic rings. The fraction of sp³-hybridized carbons (Fsp3) is 0.167. The molecule has 0 saturated heterocycles. The molecule has 0 aliphatic carbocycles. The van der Waals surface area contributed by atoms with Gasteiger partial charge < -0.3 is 4.74 Å². The topological polar surface area (TPSA) is 39.2 Å². The summed E-state index contributed by atoms with van der Waals surface area (Å²) in [5.41, 5.74) is 1.85. The zero-order chi connectivity index (χ0) is 10.8. The van der Waals surface area contributed by atoms with Crippen molar-refractivity contribution in [3.63, 3.8) is 0 Å². The van der Waals surface area contributed by atoms with E-state index in [-0.39, 0.29) is 5.97 Å². The Morgan fingerprint density at radius 1 is 1.33 bits per heavy atom. The summed E-state index contributed by atoms with van der Waals surface area (Å²) < 4.78 is 5.05. The molecule has 1 aromatic carbocycles. The molecule has 1 heterocycles. The Morgan fingerprint density at radius 2 is 2.07 bits per heavy atom. The van der Waals surface area contributed by atoms with Gasteiger partial charge in [0.25, 0.3) is 0 Å². The zero-order valence-corrected chi connectivity index (χ0v) is 8.65. The van der Waals surface area contributed by atoms with Crippen LogP contribution in [0.4, 0.5) is 0 Å². The van der Waals surface area contributed by atoms with Gasteiger partial charge in [-0.15, -0.1) is 0 Å². The number of hydrogen-bond acceptors (Lipinski definition) is 3. The van der Waals surface area contributed by atoms with Crippen LogP contribution in [-0.2, 0) is 4.79 Å². The number of aromatic nitrogens is 1. The number of fused-ring (bicyclic) bond motifs is 1. The first-order chi connectivity index (χ1) is 7.18. The Labute approximate surface area is 87.7 Å². The molecule has 0 N–H and O–H groups in total. The van der Waals surface area contributed by atoms with Gasteiger partial charge in [-0.25, -0.2) is 0 Å². The maximum absolute atomic E-state index is 10.9. The van der Waals surface area contributed by atoms with Crippen LogP contribution in [0.3, 0.4) is 0 Å². The van der Waals surface area contributed by atoms with Crippen molar-refractivity contribution in [2.24, 2.45) is 0 Å². The largest absolute Gasteiger partial charge is 0.425 e. The highest BCUT2D eigenvalue weighted by Crippen LogP contribution is 2.24. The maximum Gasteiger partial charge on any atom is 0.308 e. The van der Waals surface area contributed by atoms with Gasteiger partial charge in [0.1, 0.15) is 0 Å². The van der Waals surface area contributed by atoms with Crippen LogP contribution in [0, 0.1) is 6.92 Å². The lowest BCUT2D eigenvalue weighted by atomic mass is 10.1. The predicted octanol–water partition coefficient (Wildman–Crippen LogP) is 2.47. The fourth-order valence-electron chi connectivity index (χ4n) is 1.52. The van der Waals surface area contributed by atoms with Crippen molar-refractivity contribution in [1.29, 1.82) is 0 Å². The lowest BCUT2D eigenvalue weighted by Crippen LogP contribution is -2.03. The molecule has 1 aromatic heterocycles. The van der Waals surface area contributed by atoms with Crippen LogP contribution in [0.2, 0.25) is 0 Å². The molecule has 0 radical (unpaired) electrons. The van der Waals surface area contributed by atoms with Crippen molar-refractivity contribution in [2.75, 3.05) is 0 Å². The van der Waals surface area contributed by atoms with Crippen molar-refractivity contribution >= 4 is 16.9 Å². The van der Waals surface area contributed by atoms with Crippen LogP contribution in [0.5, 0.6) is 5.75 Å². The molecule has 3 heteroatoms. The van der Waals surface area contributed by atoms with Crippen molar-refractivity contribution in [3.8, 4) is 5.75 Å². The summed E-state index contributed by atoms with van der Waals surface area (Å²) in [6.07, 6.45) is 1.58. The SMILES string of the molecule is CC(=O)Oc1cnc2ccccc2c1C. The molecular weight excluding hydrogens is 190 g/mol. The minimum absolute atomic E-state index is 0.324. The smallest absolute Gasteiger partial charge is 0.308 e. The average Bonchev–Trinajstić information content (AvgIpc) is 2.22. The number of carbonyl (C=O) groups is 1. The summed E-state index contributed by atoms with van der Waals surface area (Å²) >= 11 is 0. The van der Waals surface area contributed by atoms with E-state index in [4.69, 9.17) is 4.74 Å². The van der Waals surface area contributed by atoms with Crippen LogP contribution in [0.25, 0.3) is 10.9 Å². The minimum atomic E-state index is -0.324. The molecular formula is C12H11NO2. The van der Waals surface area contributed by atoms with E-state index in [0.717, 1.165) is 16.5 Å². The molecule has 0 spiro atoms. The molecule has 0 amide bonds. The molecule has 0 atom stereocenters. The fourth-order valence-corrected chi connectivity index (χ4v) is 1.52. The lowest BCUT2D eigenvalue weighted by molar-refractivity contribution is -0.131. The van der Waals surface area contributed by atoms with Gasteiger partial charge in [0.15, 0.2) is 5.75 Å². The third kappa shape index (κ3) is 1.81. The summed E-state index contributed by atoms with van der Waals surface area (Å²) in [7, 11) is 0. The molecule has 2 rings (SSSR count). The molecule has 3 nitrogen and oxygen atoms in total. The second-order valence-electron chi connectivity index (χ2n) is 3.36. The van der Waals surface area contributed by atoms with Crippen LogP contribution in [0.1, 0.15) is 12.5 Å². The van der Waals surface area contributed by atoms with E-state index in [9.17, 15) is 4.79 Å². The molecule has 0 fully saturated rings. The molecule has 15 heavy (non-hydrogen) atoms. The van der Waals surface area contributed by atoms with Gasteiger partial charge in [-0.3, -0.25) is 9.78 Å². The number of esters is 1. The summed E-state index contributed by atoms with van der Waals surface area (Å²) in [5, 5.41) is 1.01. The number of rotatable bonds is 1. The molecule has 2 aromatic rings. The third-order valence-corrected chi connectivity index (χ3v) is 2.25. The first-order valence-corrected chi connectivity index (χ1v) is 4.71. The van der Waals surface area contributed by atoms with Gasteiger partial charge in [-0.1, -0.05) is 18.2 Å². The number of aryl methyl sites for hydroxylation is 1. The first-order valence-electron chi connectivity index (χ1n) is 4.71. The number of carbonyl (C=O) groups excluding carboxylic acids is 1. The number of ether oxygens (including phenoxy) is 1. The van der Waals surface area contributed by atoms with Crippen molar-refractivity contribution < 1.29 is 9.53 Å². The molecule has 0 saturated carbocycles.